The van der Waals surface area contributed by atoms with Gasteiger partial charge in [-0.3, -0.25) is 24.3 Å². The van der Waals surface area contributed by atoms with Gasteiger partial charge in [0.15, 0.2) is 22.6 Å². The molecule has 274 valence electrons. The average Bonchev–Trinajstić information content (AvgIpc) is 3.45. The number of hydrogen-bond acceptors (Lipinski definition) is 9. The van der Waals surface area contributed by atoms with Crippen LogP contribution in [0.5, 0.6) is 17.2 Å². The number of amides is 3. The maximum Gasteiger partial charge on any atom is 0.267 e. The number of phenolic OH excluding ortho intramolecular Hbond substituents is 1. The molecule has 1 fully saturated rings. The van der Waals surface area contributed by atoms with E-state index >= 15 is 0 Å². The Morgan fingerprint density at radius 3 is 2.09 bits per heavy atom. The molecule has 8 N–H and O–H groups in total. The number of nitrogens with one attached hydrogen (secondary N) is 1. The summed E-state index contributed by atoms with van der Waals surface area (Å²) in [6.07, 6.45) is 2.22. The van der Waals surface area contributed by atoms with Crippen LogP contribution in [0.25, 0.3) is 17.2 Å². The molecule has 1 aliphatic rings. The Labute approximate surface area is 311 Å². The number of ether oxygens (including phenoxy) is 2. The Hall–Kier alpha value is -6.28. The van der Waals surface area contributed by atoms with E-state index in [-0.39, 0.29) is 52.7 Å². The SMILES string of the molecule is COc1cc(/C=C2\SC(=Nc3ccccc3)N([C@H](Cc3ccc(-c4ccccc4)cc3)C(=O)N[C@@H](CCCN=C(N)N)C(N)=O)C2=O)cc(OC)c1O. The summed E-state index contributed by atoms with van der Waals surface area (Å²) in [5.74, 6) is -1.83. The fourth-order valence-corrected chi connectivity index (χ4v) is 6.68. The zero-order valence-electron chi connectivity index (χ0n) is 29.3. The molecule has 0 aromatic heterocycles. The lowest BCUT2D eigenvalue weighted by Crippen LogP contribution is -2.55. The van der Waals surface area contributed by atoms with E-state index in [0.717, 1.165) is 28.5 Å². The highest BCUT2D eigenvalue weighted by atomic mass is 32.2. The average molecular weight is 736 g/mol. The van der Waals surface area contributed by atoms with Gasteiger partial charge in [-0.25, -0.2) is 4.99 Å². The van der Waals surface area contributed by atoms with E-state index in [1.165, 1.54) is 19.1 Å². The van der Waals surface area contributed by atoms with Crippen LogP contribution in [0.2, 0.25) is 0 Å². The minimum atomic E-state index is -1.16. The fraction of sp³-hybridized carbons (Fsp3) is 0.205. The minimum Gasteiger partial charge on any atom is -0.502 e. The zero-order chi connectivity index (χ0) is 37.9. The largest absolute Gasteiger partial charge is 0.502 e. The van der Waals surface area contributed by atoms with Gasteiger partial charge in [0.25, 0.3) is 5.91 Å². The molecule has 0 unspecified atom stereocenters. The fourth-order valence-electron chi connectivity index (χ4n) is 5.65. The molecule has 0 radical (unpaired) electrons. The second-order valence-electron chi connectivity index (χ2n) is 12.0. The highest BCUT2D eigenvalue weighted by molar-refractivity contribution is 8.18. The zero-order valence-corrected chi connectivity index (χ0v) is 30.1. The van der Waals surface area contributed by atoms with Crippen LogP contribution < -0.4 is 32.0 Å². The van der Waals surface area contributed by atoms with Crippen molar-refractivity contribution >= 4 is 52.4 Å². The van der Waals surface area contributed by atoms with Gasteiger partial charge in [-0.05, 0) is 77.2 Å². The number of primary amides is 1. The van der Waals surface area contributed by atoms with Crippen LogP contribution in [0.1, 0.15) is 24.0 Å². The van der Waals surface area contributed by atoms with Crippen LogP contribution in [-0.4, -0.2) is 71.7 Å². The number of para-hydroxylation sites is 1. The first-order valence-corrected chi connectivity index (χ1v) is 17.5. The van der Waals surface area contributed by atoms with E-state index in [1.807, 2.05) is 72.8 Å². The molecule has 1 saturated heterocycles. The van der Waals surface area contributed by atoms with E-state index < -0.39 is 29.8 Å². The summed E-state index contributed by atoms with van der Waals surface area (Å²) in [7, 11) is 2.81. The smallest absolute Gasteiger partial charge is 0.267 e. The van der Waals surface area contributed by atoms with Crippen molar-refractivity contribution in [1.82, 2.24) is 10.2 Å². The van der Waals surface area contributed by atoms with Gasteiger partial charge in [0.1, 0.15) is 12.1 Å². The minimum absolute atomic E-state index is 0.0780. The lowest BCUT2D eigenvalue weighted by atomic mass is 9.99. The lowest BCUT2D eigenvalue weighted by molar-refractivity contribution is -0.134. The number of nitrogens with two attached hydrogens (primary N) is 3. The third-order valence-electron chi connectivity index (χ3n) is 8.33. The molecular weight excluding hydrogens is 695 g/mol. The van der Waals surface area contributed by atoms with Crippen molar-refractivity contribution in [2.24, 2.45) is 27.2 Å². The van der Waals surface area contributed by atoms with Crippen LogP contribution >= 0.6 is 11.8 Å². The van der Waals surface area contributed by atoms with E-state index in [9.17, 15) is 19.5 Å². The summed E-state index contributed by atoms with van der Waals surface area (Å²) < 4.78 is 10.6. The number of rotatable bonds is 15. The van der Waals surface area contributed by atoms with Crippen molar-refractivity contribution in [3.05, 3.63) is 113 Å². The highest BCUT2D eigenvalue weighted by Gasteiger charge is 2.42. The van der Waals surface area contributed by atoms with Crippen molar-refractivity contribution in [3.8, 4) is 28.4 Å². The Morgan fingerprint density at radius 2 is 1.51 bits per heavy atom. The van der Waals surface area contributed by atoms with Gasteiger partial charge in [-0.1, -0.05) is 72.8 Å². The van der Waals surface area contributed by atoms with Crippen LogP contribution in [0.15, 0.2) is 112 Å². The predicted molar refractivity (Wildman–Crippen MR) is 208 cm³/mol. The number of aromatic hydroxyl groups is 1. The number of benzene rings is 4. The first kappa shape index (κ1) is 38.0. The van der Waals surface area contributed by atoms with Crippen molar-refractivity contribution in [2.75, 3.05) is 20.8 Å². The number of aliphatic imine (C=N–C) groups is 2. The molecule has 4 aromatic rings. The molecule has 0 saturated carbocycles. The van der Waals surface area contributed by atoms with Crippen molar-refractivity contribution in [2.45, 2.75) is 31.3 Å². The number of amidine groups is 1. The van der Waals surface area contributed by atoms with Crippen LogP contribution in [0, 0.1) is 0 Å². The number of hydrogen-bond donors (Lipinski definition) is 5. The molecule has 13 nitrogen and oxygen atoms in total. The van der Waals surface area contributed by atoms with Gasteiger partial charge in [-0.2, -0.15) is 0 Å². The van der Waals surface area contributed by atoms with Crippen LogP contribution in [0.3, 0.4) is 0 Å². The number of methoxy groups -OCH3 is 2. The molecule has 0 bridgehead atoms. The third kappa shape index (κ3) is 9.74. The van der Waals surface area contributed by atoms with Gasteiger partial charge < -0.3 is 37.1 Å². The highest BCUT2D eigenvalue weighted by Crippen LogP contribution is 2.41. The summed E-state index contributed by atoms with van der Waals surface area (Å²) in [5, 5.41) is 13.5. The van der Waals surface area contributed by atoms with E-state index in [2.05, 4.69) is 10.3 Å². The second kappa shape index (κ2) is 17.8. The molecule has 4 aromatic carbocycles. The molecule has 0 spiro atoms. The number of carbonyl (C=O) groups is 3. The predicted octanol–water partition coefficient (Wildman–Crippen LogP) is 4.32. The van der Waals surface area contributed by atoms with Gasteiger partial charge in [-0.15, -0.1) is 0 Å². The number of carbonyl (C=O) groups excluding carboxylic acids is 3. The number of thioether (sulfide) groups is 1. The standard InChI is InChI=1S/C39H41N7O6S/c1-51-31-21-25(22-32(52-2)34(31)47)23-33-37(50)46(39(53-33)44-28-12-7-4-8-13-28)30(36(49)45-29(35(40)48)14-9-19-43-38(41)42)20-24-15-17-27(18-16-24)26-10-5-3-6-11-26/h3-8,10-13,15-18,21-23,29-30,47H,9,14,19-20H2,1-2H3,(H2,40,48)(H,45,49)(H4,41,42,43)/b33-23-,44-39?/t29-,30+/m0/s1. The number of phenols is 1. The van der Waals surface area contributed by atoms with Crippen molar-refractivity contribution in [1.29, 1.82) is 0 Å². The summed E-state index contributed by atoms with van der Waals surface area (Å²) >= 11 is 1.08. The summed E-state index contributed by atoms with van der Waals surface area (Å²) in [6, 6.07) is 27.5. The first-order valence-electron chi connectivity index (χ1n) is 16.7. The van der Waals surface area contributed by atoms with E-state index in [1.54, 1.807) is 30.3 Å². The van der Waals surface area contributed by atoms with Crippen LogP contribution in [-0.2, 0) is 20.8 Å². The number of guanidine groups is 1. The Bertz CT molecular complexity index is 1990. The van der Waals surface area contributed by atoms with Gasteiger partial charge in [0.2, 0.25) is 17.6 Å². The van der Waals surface area contributed by atoms with Gasteiger partial charge >= 0.3 is 0 Å². The molecular formula is C39H41N7O6S. The molecule has 0 aliphatic carbocycles. The maximum atomic E-state index is 14.5. The Morgan fingerprint density at radius 1 is 0.906 bits per heavy atom. The lowest BCUT2D eigenvalue weighted by Gasteiger charge is -2.28. The van der Waals surface area contributed by atoms with E-state index in [4.69, 9.17) is 31.7 Å². The molecule has 53 heavy (non-hydrogen) atoms. The molecule has 2 atom stereocenters. The van der Waals surface area contributed by atoms with Crippen molar-refractivity contribution in [3.63, 3.8) is 0 Å². The molecule has 1 heterocycles. The normalized spacial score (nSPS) is 15.2. The quantitative estimate of drug-likeness (QED) is 0.0509. The van der Waals surface area contributed by atoms with Crippen molar-refractivity contribution < 1.29 is 29.0 Å². The molecule has 5 rings (SSSR count). The van der Waals surface area contributed by atoms with Gasteiger partial charge in [0, 0.05) is 13.0 Å². The first-order chi connectivity index (χ1) is 25.6. The number of nitrogens with zero attached hydrogens (tertiary/aromatic N) is 3. The molecule has 1 aliphatic heterocycles. The second-order valence-corrected chi connectivity index (χ2v) is 13.0. The topological polar surface area (TPSA) is 208 Å². The monoisotopic (exact) mass is 735 g/mol. The van der Waals surface area contributed by atoms with Crippen LogP contribution in [0.4, 0.5) is 5.69 Å². The molecule has 3 amide bonds. The summed E-state index contributed by atoms with van der Waals surface area (Å²) in [6.45, 7) is 0.231. The molecule has 14 heteroatoms. The third-order valence-corrected chi connectivity index (χ3v) is 9.31. The Kier molecular flexibility index (Phi) is 12.7. The van der Waals surface area contributed by atoms with Gasteiger partial charge in [0.05, 0.1) is 24.8 Å². The van der Waals surface area contributed by atoms with E-state index in [0.29, 0.717) is 17.7 Å². The summed E-state index contributed by atoms with van der Waals surface area (Å²) in [4.78, 5) is 51.7. The Balaban J connectivity index is 1.56. The summed E-state index contributed by atoms with van der Waals surface area (Å²) in [5.41, 5.74) is 20.4. The maximum absolute atomic E-state index is 14.5.